The quantitative estimate of drug-likeness (QED) is 0.756. The maximum atomic E-state index is 11.8. The Hall–Kier alpha value is -1.89. The second kappa shape index (κ2) is 7.21. The lowest BCUT2D eigenvalue weighted by atomic mass is 10.1. The Bertz CT molecular complexity index is 500. The lowest BCUT2D eigenvalue weighted by Gasteiger charge is -2.14. The number of hydrogen-bond donors (Lipinski definition) is 2. The van der Waals surface area contributed by atoms with Gasteiger partial charge in [0.25, 0.3) is 0 Å². The highest BCUT2D eigenvalue weighted by atomic mass is 16.4. The van der Waals surface area contributed by atoms with E-state index >= 15 is 0 Å². The molecule has 0 saturated carbocycles. The molecule has 0 radical (unpaired) electrons. The maximum absolute atomic E-state index is 11.8. The van der Waals surface area contributed by atoms with Crippen LogP contribution in [0.1, 0.15) is 25.3 Å². The molecular weight excluding hydrogens is 272 g/mol. The molecule has 2 rings (SSSR count). The van der Waals surface area contributed by atoms with Crippen LogP contribution in [0.4, 0.5) is 0 Å². The van der Waals surface area contributed by atoms with Gasteiger partial charge in [-0.25, -0.2) is 0 Å². The minimum absolute atomic E-state index is 0.0735. The molecule has 1 saturated heterocycles. The van der Waals surface area contributed by atoms with Crippen LogP contribution in [-0.2, 0) is 22.7 Å². The largest absolute Gasteiger partial charge is 0.481 e. The topological polar surface area (TPSA) is 87.5 Å². The number of carbonyl (C=O) groups is 2. The number of nitrogens with zero attached hydrogens (tertiary/aromatic N) is 3. The number of carboxylic acids is 1. The van der Waals surface area contributed by atoms with Gasteiger partial charge in [0.2, 0.25) is 5.91 Å². The Kier molecular flexibility index (Phi) is 5.32. The molecule has 0 aromatic carbocycles. The fraction of sp³-hybridized carbons (Fsp3) is 0.643. The molecule has 0 spiro atoms. The molecule has 1 aromatic heterocycles. The first-order valence-corrected chi connectivity index (χ1v) is 7.31. The Morgan fingerprint density at radius 2 is 2.33 bits per heavy atom. The van der Waals surface area contributed by atoms with E-state index in [0.717, 1.165) is 31.6 Å². The molecule has 0 aliphatic carbocycles. The summed E-state index contributed by atoms with van der Waals surface area (Å²) >= 11 is 0. The van der Waals surface area contributed by atoms with Crippen LogP contribution in [0.5, 0.6) is 0 Å². The van der Waals surface area contributed by atoms with Crippen LogP contribution in [0.15, 0.2) is 12.4 Å². The molecule has 1 amide bonds. The zero-order valence-electron chi connectivity index (χ0n) is 12.3. The van der Waals surface area contributed by atoms with Crippen LogP contribution in [0.25, 0.3) is 0 Å². The summed E-state index contributed by atoms with van der Waals surface area (Å²) in [6, 6.07) is 0. The Labute approximate surface area is 123 Å². The number of hydrogen-bond acceptors (Lipinski definition) is 4. The van der Waals surface area contributed by atoms with Crippen molar-refractivity contribution in [2.24, 2.45) is 5.92 Å². The van der Waals surface area contributed by atoms with E-state index in [1.54, 1.807) is 10.9 Å². The van der Waals surface area contributed by atoms with Gasteiger partial charge >= 0.3 is 5.97 Å². The van der Waals surface area contributed by atoms with E-state index in [1.807, 2.05) is 13.1 Å². The first-order chi connectivity index (χ1) is 10.1. The highest BCUT2D eigenvalue weighted by Crippen LogP contribution is 2.18. The number of aryl methyl sites for hydroxylation is 1. The zero-order chi connectivity index (χ0) is 15.2. The Morgan fingerprint density at radius 1 is 1.52 bits per heavy atom. The standard InChI is InChI=1S/C14H22N4O3/c1-2-15-14(21)12-3-5-17(10-12)8-11-7-16-18(9-11)6-4-13(19)20/h7,9,12H,2-6,8,10H2,1H3,(H,15,21)(H,19,20). The summed E-state index contributed by atoms with van der Waals surface area (Å²) in [5, 5.41) is 15.7. The molecule has 21 heavy (non-hydrogen) atoms. The van der Waals surface area contributed by atoms with E-state index in [0.29, 0.717) is 13.1 Å². The summed E-state index contributed by atoms with van der Waals surface area (Å²) in [5.74, 6) is -0.611. The number of rotatable bonds is 7. The van der Waals surface area contributed by atoms with Gasteiger partial charge in [-0.15, -0.1) is 0 Å². The fourth-order valence-corrected chi connectivity index (χ4v) is 2.59. The minimum Gasteiger partial charge on any atom is -0.481 e. The van der Waals surface area contributed by atoms with Gasteiger partial charge in [-0.3, -0.25) is 19.2 Å². The lowest BCUT2D eigenvalue weighted by Crippen LogP contribution is -2.32. The average Bonchev–Trinajstić information content (AvgIpc) is 3.07. The van der Waals surface area contributed by atoms with Gasteiger partial charge < -0.3 is 10.4 Å². The van der Waals surface area contributed by atoms with Gasteiger partial charge in [-0.2, -0.15) is 5.10 Å². The Morgan fingerprint density at radius 3 is 3.05 bits per heavy atom. The van der Waals surface area contributed by atoms with Crippen molar-refractivity contribution < 1.29 is 14.7 Å². The summed E-state index contributed by atoms with van der Waals surface area (Å²) in [6.07, 6.45) is 4.60. The number of aliphatic carboxylic acids is 1. The van der Waals surface area contributed by atoms with E-state index in [1.165, 1.54) is 0 Å². The third-order valence-electron chi connectivity index (χ3n) is 3.64. The van der Waals surface area contributed by atoms with Crippen LogP contribution in [0, 0.1) is 5.92 Å². The number of carbonyl (C=O) groups excluding carboxylic acids is 1. The molecule has 116 valence electrons. The Balaban J connectivity index is 1.80. The number of nitrogens with one attached hydrogen (secondary N) is 1. The molecule has 1 unspecified atom stereocenters. The highest BCUT2D eigenvalue weighted by Gasteiger charge is 2.27. The van der Waals surface area contributed by atoms with Gasteiger partial charge in [0.1, 0.15) is 0 Å². The molecule has 2 heterocycles. The monoisotopic (exact) mass is 294 g/mol. The van der Waals surface area contributed by atoms with E-state index < -0.39 is 5.97 Å². The normalized spacial score (nSPS) is 18.8. The summed E-state index contributed by atoms with van der Waals surface area (Å²) in [7, 11) is 0. The van der Waals surface area contributed by atoms with Crippen molar-refractivity contribution >= 4 is 11.9 Å². The van der Waals surface area contributed by atoms with Crippen molar-refractivity contribution in [3.05, 3.63) is 18.0 Å². The van der Waals surface area contributed by atoms with Crippen molar-refractivity contribution in [2.45, 2.75) is 32.9 Å². The van der Waals surface area contributed by atoms with E-state index in [-0.39, 0.29) is 18.2 Å². The molecule has 1 atom stereocenters. The van der Waals surface area contributed by atoms with Gasteiger partial charge in [0, 0.05) is 31.4 Å². The van der Waals surface area contributed by atoms with Crippen molar-refractivity contribution in [1.29, 1.82) is 0 Å². The maximum Gasteiger partial charge on any atom is 0.305 e. The van der Waals surface area contributed by atoms with E-state index in [9.17, 15) is 9.59 Å². The van der Waals surface area contributed by atoms with Crippen molar-refractivity contribution in [3.63, 3.8) is 0 Å². The minimum atomic E-state index is -0.823. The molecule has 7 heteroatoms. The average molecular weight is 294 g/mol. The van der Waals surface area contributed by atoms with Crippen LogP contribution >= 0.6 is 0 Å². The molecule has 1 aliphatic heterocycles. The second-order valence-electron chi connectivity index (χ2n) is 5.37. The number of carboxylic acid groups (broad SMARTS) is 1. The molecular formula is C14H22N4O3. The number of aromatic nitrogens is 2. The summed E-state index contributed by atoms with van der Waals surface area (Å²) in [6.45, 7) is 5.41. The van der Waals surface area contributed by atoms with Crippen molar-refractivity contribution in [1.82, 2.24) is 20.0 Å². The fourth-order valence-electron chi connectivity index (χ4n) is 2.59. The zero-order valence-corrected chi connectivity index (χ0v) is 12.3. The summed E-state index contributed by atoms with van der Waals surface area (Å²) in [4.78, 5) is 24.5. The number of amides is 1. The van der Waals surface area contributed by atoms with Gasteiger partial charge in [0.15, 0.2) is 0 Å². The predicted molar refractivity (Wildman–Crippen MR) is 76.5 cm³/mol. The second-order valence-corrected chi connectivity index (χ2v) is 5.37. The predicted octanol–water partition coefficient (Wildman–Crippen LogP) is 0.316. The summed E-state index contributed by atoms with van der Waals surface area (Å²) < 4.78 is 1.65. The van der Waals surface area contributed by atoms with Crippen molar-refractivity contribution in [3.8, 4) is 0 Å². The van der Waals surface area contributed by atoms with Crippen LogP contribution < -0.4 is 5.32 Å². The van der Waals surface area contributed by atoms with Crippen molar-refractivity contribution in [2.75, 3.05) is 19.6 Å². The molecule has 2 N–H and O–H groups in total. The highest BCUT2D eigenvalue weighted by molar-refractivity contribution is 5.79. The summed E-state index contributed by atoms with van der Waals surface area (Å²) in [5.41, 5.74) is 1.05. The third-order valence-corrected chi connectivity index (χ3v) is 3.64. The first-order valence-electron chi connectivity index (χ1n) is 7.31. The van der Waals surface area contributed by atoms with Gasteiger partial charge in [-0.05, 0) is 19.9 Å². The van der Waals surface area contributed by atoms with Crippen LogP contribution in [0.3, 0.4) is 0 Å². The van der Waals surface area contributed by atoms with Gasteiger partial charge in [-0.1, -0.05) is 0 Å². The van der Waals surface area contributed by atoms with E-state index in [2.05, 4.69) is 15.3 Å². The molecule has 7 nitrogen and oxygen atoms in total. The molecule has 1 aliphatic rings. The molecule has 0 bridgehead atoms. The molecule has 1 aromatic rings. The third kappa shape index (κ3) is 4.56. The first kappa shape index (κ1) is 15.5. The number of likely N-dealkylation sites (tertiary alicyclic amines) is 1. The lowest BCUT2D eigenvalue weighted by molar-refractivity contribution is -0.137. The van der Waals surface area contributed by atoms with Crippen LogP contribution in [-0.4, -0.2) is 51.3 Å². The van der Waals surface area contributed by atoms with Gasteiger partial charge in [0.05, 0.1) is 25.1 Å². The van der Waals surface area contributed by atoms with Crippen LogP contribution in [0.2, 0.25) is 0 Å². The molecule has 1 fully saturated rings. The smallest absolute Gasteiger partial charge is 0.305 e. The van der Waals surface area contributed by atoms with E-state index in [4.69, 9.17) is 5.11 Å². The SMILES string of the molecule is CCNC(=O)C1CCN(Cc2cnn(CCC(=O)O)c2)C1.